The van der Waals surface area contributed by atoms with Crippen molar-refractivity contribution in [2.24, 2.45) is 0 Å². The minimum absolute atomic E-state index is 0.133. The molecule has 8 heteroatoms. The Kier molecular flexibility index (Phi) is 5.05. The second kappa shape index (κ2) is 8.03. The van der Waals surface area contributed by atoms with Crippen LogP contribution < -0.4 is 9.47 Å². The summed E-state index contributed by atoms with van der Waals surface area (Å²) in [7, 11) is 0. The van der Waals surface area contributed by atoms with Crippen LogP contribution in [-0.4, -0.2) is 46.5 Å². The Morgan fingerprint density at radius 2 is 1.88 bits per heavy atom. The lowest BCUT2D eigenvalue weighted by Crippen LogP contribution is -2.36. The molecule has 0 saturated carbocycles. The number of benzene rings is 2. The number of hydrogen-bond donors (Lipinski definition) is 0. The van der Waals surface area contributed by atoms with Crippen molar-refractivity contribution in [3.05, 3.63) is 70.5 Å². The normalized spacial score (nSPS) is 14.2. The molecule has 3 heterocycles. The van der Waals surface area contributed by atoms with Crippen LogP contribution in [0.15, 0.2) is 42.5 Å². The fraction of sp³-hybridized carbons (Fsp3) is 0.292. The molecule has 2 aliphatic rings. The van der Waals surface area contributed by atoms with Gasteiger partial charge in [-0.2, -0.15) is 5.10 Å². The van der Waals surface area contributed by atoms with Crippen LogP contribution in [0.5, 0.6) is 11.5 Å². The lowest BCUT2D eigenvalue weighted by Gasteiger charge is -2.28. The van der Waals surface area contributed by atoms with Gasteiger partial charge in [-0.05, 0) is 44.2 Å². The molecule has 0 N–H and O–H groups in total. The number of carbonyl (C=O) groups excluding carboxylic acids is 2. The monoisotopic (exact) mass is 433 g/mol. The third-order valence-corrected chi connectivity index (χ3v) is 5.71. The molecule has 5 rings (SSSR count). The summed E-state index contributed by atoms with van der Waals surface area (Å²) >= 11 is 0. The summed E-state index contributed by atoms with van der Waals surface area (Å²) in [6.07, 6.45) is 0.575. The number of aromatic nitrogens is 2. The number of carbonyl (C=O) groups is 2. The molecule has 0 spiro atoms. The van der Waals surface area contributed by atoms with Crippen molar-refractivity contribution in [2.75, 3.05) is 19.9 Å². The second-order valence-electron chi connectivity index (χ2n) is 7.79. The topological polar surface area (TPSA) is 82.9 Å². The van der Waals surface area contributed by atoms with Gasteiger partial charge in [0.05, 0.1) is 24.5 Å². The Balaban J connectivity index is 1.49. The molecular weight excluding hydrogens is 410 g/mol. The fourth-order valence-electron chi connectivity index (χ4n) is 4.07. The summed E-state index contributed by atoms with van der Waals surface area (Å²) in [5.41, 5.74) is 4.43. The molecule has 2 aliphatic heterocycles. The minimum atomic E-state index is -0.480. The summed E-state index contributed by atoms with van der Waals surface area (Å²) in [6.45, 7) is 4.98. The van der Waals surface area contributed by atoms with Crippen molar-refractivity contribution in [1.29, 1.82) is 0 Å². The zero-order valence-corrected chi connectivity index (χ0v) is 18.0. The SMILES string of the molecule is CCOC(=O)c1nn(-c2ccc(C)cc2)c2c1CN(C(=O)c1ccc3c(c1)OCO3)CC2. The maximum atomic E-state index is 13.2. The van der Waals surface area contributed by atoms with Crippen molar-refractivity contribution in [3.8, 4) is 17.2 Å². The van der Waals surface area contributed by atoms with Crippen LogP contribution in [0.1, 0.15) is 44.6 Å². The second-order valence-corrected chi connectivity index (χ2v) is 7.79. The van der Waals surface area contributed by atoms with Gasteiger partial charge < -0.3 is 19.1 Å². The van der Waals surface area contributed by atoms with Gasteiger partial charge in [0.25, 0.3) is 5.91 Å². The number of nitrogens with zero attached hydrogens (tertiary/aromatic N) is 3. The number of ether oxygens (including phenoxy) is 3. The van der Waals surface area contributed by atoms with Gasteiger partial charge in [-0.1, -0.05) is 17.7 Å². The molecule has 32 heavy (non-hydrogen) atoms. The molecule has 0 aliphatic carbocycles. The van der Waals surface area contributed by atoms with E-state index in [4.69, 9.17) is 14.2 Å². The zero-order valence-electron chi connectivity index (χ0n) is 18.0. The van der Waals surface area contributed by atoms with E-state index < -0.39 is 5.97 Å². The largest absolute Gasteiger partial charge is 0.461 e. The summed E-state index contributed by atoms with van der Waals surface area (Å²) in [4.78, 5) is 27.6. The predicted octanol–water partition coefficient (Wildman–Crippen LogP) is 3.28. The number of amides is 1. The van der Waals surface area contributed by atoms with Gasteiger partial charge in [0.2, 0.25) is 6.79 Å². The molecule has 0 unspecified atom stereocenters. The Bertz CT molecular complexity index is 1200. The highest BCUT2D eigenvalue weighted by Gasteiger charge is 2.32. The molecule has 3 aromatic rings. The predicted molar refractivity (Wildman–Crippen MR) is 115 cm³/mol. The zero-order chi connectivity index (χ0) is 22.2. The standard InChI is InChI=1S/C24H23N3O5/c1-3-30-24(29)22-18-13-26(23(28)16-6-9-20-21(12-16)32-14-31-20)11-10-19(18)27(25-22)17-7-4-15(2)5-8-17/h4-9,12H,3,10-11,13-14H2,1-2H3. The summed E-state index contributed by atoms with van der Waals surface area (Å²) in [6, 6.07) is 13.1. The van der Waals surface area contributed by atoms with E-state index in [9.17, 15) is 9.59 Å². The van der Waals surface area contributed by atoms with E-state index >= 15 is 0 Å². The van der Waals surface area contributed by atoms with E-state index in [1.807, 2.05) is 31.2 Å². The van der Waals surface area contributed by atoms with Gasteiger partial charge in [0, 0.05) is 24.1 Å². The third-order valence-electron chi connectivity index (χ3n) is 5.71. The molecule has 1 amide bonds. The maximum absolute atomic E-state index is 13.2. The highest BCUT2D eigenvalue weighted by Crippen LogP contribution is 2.33. The van der Waals surface area contributed by atoms with Crippen LogP contribution >= 0.6 is 0 Å². The van der Waals surface area contributed by atoms with Crippen molar-refractivity contribution in [2.45, 2.75) is 26.8 Å². The quantitative estimate of drug-likeness (QED) is 0.588. The highest BCUT2D eigenvalue weighted by molar-refractivity contribution is 5.95. The minimum Gasteiger partial charge on any atom is -0.461 e. The first-order valence-corrected chi connectivity index (χ1v) is 10.6. The van der Waals surface area contributed by atoms with Crippen LogP contribution in [0.2, 0.25) is 0 Å². The van der Waals surface area contributed by atoms with Gasteiger partial charge in [-0.3, -0.25) is 4.79 Å². The van der Waals surface area contributed by atoms with Crippen molar-refractivity contribution >= 4 is 11.9 Å². The molecule has 0 radical (unpaired) electrons. The molecule has 0 bridgehead atoms. The number of rotatable bonds is 4. The molecule has 0 saturated heterocycles. The highest BCUT2D eigenvalue weighted by atomic mass is 16.7. The van der Waals surface area contributed by atoms with E-state index in [0.717, 1.165) is 22.5 Å². The van der Waals surface area contributed by atoms with E-state index in [2.05, 4.69) is 5.10 Å². The van der Waals surface area contributed by atoms with Crippen molar-refractivity contribution < 1.29 is 23.8 Å². The van der Waals surface area contributed by atoms with Gasteiger partial charge in [-0.15, -0.1) is 0 Å². The van der Waals surface area contributed by atoms with Crippen LogP contribution in [0.25, 0.3) is 5.69 Å². The first-order chi connectivity index (χ1) is 15.5. The molecule has 164 valence electrons. The van der Waals surface area contributed by atoms with E-state index in [1.54, 1.807) is 34.7 Å². The van der Waals surface area contributed by atoms with Crippen LogP contribution in [0.4, 0.5) is 0 Å². The molecule has 8 nitrogen and oxygen atoms in total. The van der Waals surface area contributed by atoms with Crippen LogP contribution in [0, 0.1) is 6.92 Å². The molecule has 0 fully saturated rings. The summed E-state index contributed by atoms with van der Waals surface area (Å²) < 4.78 is 17.8. The smallest absolute Gasteiger partial charge is 0.359 e. The van der Waals surface area contributed by atoms with Crippen LogP contribution in [-0.2, 0) is 17.7 Å². The number of aryl methyl sites for hydroxylation is 1. The molecule has 1 aromatic heterocycles. The Morgan fingerprint density at radius 3 is 2.66 bits per heavy atom. The maximum Gasteiger partial charge on any atom is 0.359 e. The number of fused-ring (bicyclic) bond motifs is 2. The first kappa shape index (κ1) is 20.1. The Morgan fingerprint density at radius 1 is 1.09 bits per heavy atom. The third kappa shape index (κ3) is 3.47. The lowest BCUT2D eigenvalue weighted by molar-refractivity contribution is 0.0513. The van der Waals surface area contributed by atoms with Gasteiger partial charge in [-0.25, -0.2) is 9.48 Å². The average molecular weight is 433 g/mol. The number of hydrogen-bond acceptors (Lipinski definition) is 6. The van der Waals surface area contributed by atoms with Gasteiger partial charge in [0.1, 0.15) is 0 Å². The van der Waals surface area contributed by atoms with Crippen molar-refractivity contribution in [3.63, 3.8) is 0 Å². The first-order valence-electron chi connectivity index (χ1n) is 10.6. The molecule has 2 aromatic carbocycles. The molecular formula is C24H23N3O5. The van der Waals surface area contributed by atoms with E-state index in [-0.39, 0.29) is 31.5 Å². The van der Waals surface area contributed by atoms with Gasteiger partial charge >= 0.3 is 5.97 Å². The van der Waals surface area contributed by atoms with Crippen LogP contribution in [0.3, 0.4) is 0 Å². The van der Waals surface area contributed by atoms with E-state index in [1.165, 1.54) is 0 Å². The average Bonchev–Trinajstić information content (AvgIpc) is 3.43. The van der Waals surface area contributed by atoms with Gasteiger partial charge in [0.15, 0.2) is 17.2 Å². The summed E-state index contributed by atoms with van der Waals surface area (Å²) in [5, 5.41) is 4.59. The van der Waals surface area contributed by atoms with Crippen molar-refractivity contribution in [1.82, 2.24) is 14.7 Å². The fourth-order valence-corrected chi connectivity index (χ4v) is 4.07. The van der Waals surface area contributed by atoms with E-state index in [0.29, 0.717) is 30.0 Å². The summed E-state index contributed by atoms with van der Waals surface area (Å²) in [5.74, 6) is 0.582. The number of esters is 1. The Labute approximate surface area is 185 Å². The lowest BCUT2D eigenvalue weighted by atomic mass is 10.0. The Hall–Kier alpha value is -3.81. The molecule has 0 atom stereocenters.